The van der Waals surface area contributed by atoms with Crippen LogP contribution < -0.4 is 5.32 Å². The number of hydrogen-bond donors (Lipinski definition) is 2. The zero-order chi connectivity index (χ0) is 17.7. The molecule has 132 valence electrons. The maximum absolute atomic E-state index is 12.1. The van der Waals surface area contributed by atoms with Gasteiger partial charge < -0.3 is 10.4 Å². The molecule has 1 amide bonds. The smallest absolute Gasteiger partial charge is 0.234 e. The molecule has 0 radical (unpaired) electrons. The molecule has 1 fully saturated rings. The van der Waals surface area contributed by atoms with Crippen LogP contribution in [0.2, 0.25) is 5.02 Å². The molecule has 2 N–H and O–H groups in total. The molecule has 2 aromatic rings. The highest BCUT2D eigenvalue weighted by Crippen LogP contribution is 2.33. The van der Waals surface area contributed by atoms with Crippen molar-refractivity contribution in [1.29, 1.82) is 0 Å². The molecule has 1 aliphatic rings. The van der Waals surface area contributed by atoms with Crippen molar-refractivity contribution in [2.75, 3.05) is 19.6 Å². The van der Waals surface area contributed by atoms with Gasteiger partial charge in [-0.05, 0) is 36.1 Å². The molecule has 0 atom stereocenters. The third-order valence-electron chi connectivity index (χ3n) is 4.76. The van der Waals surface area contributed by atoms with Crippen LogP contribution in [0.3, 0.4) is 0 Å². The van der Waals surface area contributed by atoms with Crippen LogP contribution in [0.5, 0.6) is 0 Å². The Bertz CT molecular complexity index is 695. The second kappa shape index (κ2) is 8.00. The third-order valence-corrected chi connectivity index (χ3v) is 5.02. The van der Waals surface area contributed by atoms with Crippen molar-refractivity contribution in [3.63, 3.8) is 0 Å². The van der Waals surface area contributed by atoms with Crippen LogP contribution in [-0.2, 0) is 16.9 Å². The summed E-state index contributed by atoms with van der Waals surface area (Å²) in [7, 11) is 0. The summed E-state index contributed by atoms with van der Waals surface area (Å²) in [5.41, 5.74) is 1.15. The number of amides is 1. The van der Waals surface area contributed by atoms with E-state index in [4.69, 9.17) is 11.6 Å². The van der Waals surface area contributed by atoms with Gasteiger partial charge in [-0.3, -0.25) is 9.69 Å². The van der Waals surface area contributed by atoms with Crippen LogP contribution in [-0.4, -0.2) is 35.5 Å². The van der Waals surface area contributed by atoms with Gasteiger partial charge in [0, 0.05) is 24.7 Å². The number of nitrogens with zero attached hydrogens (tertiary/aromatic N) is 1. The Morgan fingerprint density at radius 2 is 1.72 bits per heavy atom. The summed E-state index contributed by atoms with van der Waals surface area (Å²) in [4.78, 5) is 14.2. The van der Waals surface area contributed by atoms with Gasteiger partial charge in [-0.15, -0.1) is 0 Å². The molecular weight excluding hydrogens is 336 g/mol. The molecule has 0 bridgehead atoms. The Balaban J connectivity index is 1.47. The number of likely N-dealkylation sites (tertiary alicyclic amines) is 1. The van der Waals surface area contributed by atoms with E-state index in [1.165, 1.54) is 0 Å². The molecule has 1 heterocycles. The van der Waals surface area contributed by atoms with E-state index in [0.29, 0.717) is 44.0 Å². The van der Waals surface area contributed by atoms with E-state index in [2.05, 4.69) is 10.2 Å². The predicted octanol–water partition coefficient (Wildman–Crippen LogP) is 2.94. The van der Waals surface area contributed by atoms with E-state index in [0.717, 1.165) is 11.1 Å². The number of halogens is 1. The number of rotatable bonds is 5. The Kier molecular flexibility index (Phi) is 5.74. The maximum Gasteiger partial charge on any atom is 0.234 e. The molecule has 0 unspecified atom stereocenters. The molecule has 1 saturated heterocycles. The van der Waals surface area contributed by atoms with E-state index in [-0.39, 0.29) is 5.91 Å². The standard InChI is InChI=1S/C20H23ClN2O2/c21-18-8-6-17(7-9-18)20(25)10-12-23(13-11-20)15-19(24)22-14-16-4-2-1-3-5-16/h1-9,25H,10-15H2,(H,22,24). The van der Waals surface area contributed by atoms with Crippen LogP contribution in [0.15, 0.2) is 54.6 Å². The van der Waals surface area contributed by atoms with Gasteiger partial charge in [0.15, 0.2) is 0 Å². The zero-order valence-electron chi connectivity index (χ0n) is 14.1. The van der Waals surface area contributed by atoms with Crippen LogP contribution in [0.4, 0.5) is 0 Å². The second-order valence-electron chi connectivity index (χ2n) is 6.58. The average Bonchev–Trinajstić information content (AvgIpc) is 2.63. The number of aliphatic hydroxyl groups is 1. The fraction of sp³-hybridized carbons (Fsp3) is 0.350. The summed E-state index contributed by atoms with van der Waals surface area (Å²) in [6.07, 6.45) is 1.22. The number of carbonyl (C=O) groups is 1. The van der Waals surface area contributed by atoms with Crippen LogP contribution in [0, 0.1) is 0 Å². The minimum absolute atomic E-state index is 0.0146. The molecule has 3 rings (SSSR count). The second-order valence-corrected chi connectivity index (χ2v) is 7.01. The first-order valence-corrected chi connectivity index (χ1v) is 8.94. The van der Waals surface area contributed by atoms with Crippen LogP contribution >= 0.6 is 11.6 Å². The molecule has 4 nitrogen and oxygen atoms in total. The highest BCUT2D eigenvalue weighted by atomic mass is 35.5. The molecular formula is C20H23ClN2O2. The van der Waals surface area contributed by atoms with Gasteiger partial charge in [0.25, 0.3) is 0 Å². The Labute approximate surface area is 153 Å². The molecule has 0 saturated carbocycles. The van der Waals surface area contributed by atoms with Crippen LogP contribution in [0.25, 0.3) is 0 Å². The summed E-state index contributed by atoms with van der Waals surface area (Å²) in [5.74, 6) is 0.0146. The number of carbonyl (C=O) groups excluding carboxylic acids is 1. The fourth-order valence-corrected chi connectivity index (χ4v) is 3.31. The minimum atomic E-state index is -0.832. The Morgan fingerprint density at radius 3 is 2.36 bits per heavy atom. The van der Waals surface area contributed by atoms with Crippen molar-refractivity contribution < 1.29 is 9.90 Å². The molecule has 2 aromatic carbocycles. The number of nitrogens with one attached hydrogen (secondary N) is 1. The summed E-state index contributed by atoms with van der Waals surface area (Å²) >= 11 is 5.92. The van der Waals surface area contributed by atoms with Gasteiger partial charge in [-0.25, -0.2) is 0 Å². The highest BCUT2D eigenvalue weighted by Gasteiger charge is 2.34. The maximum atomic E-state index is 12.1. The van der Waals surface area contributed by atoms with E-state index in [9.17, 15) is 9.90 Å². The number of hydrogen-bond acceptors (Lipinski definition) is 3. The Hall–Kier alpha value is -1.88. The van der Waals surface area contributed by atoms with Crippen LogP contribution in [0.1, 0.15) is 24.0 Å². The number of benzene rings is 2. The predicted molar refractivity (Wildman–Crippen MR) is 99.3 cm³/mol. The first-order chi connectivity index (χ1) is 12.0. The van der Waals surface area contributed by atoms with E-state index < -0.39 is 5.60 Å². The lowest BCUT2D eigenvalue weighted by atomic mass is 9.84. The highest BCUT2D eigenvalue weighted by molar-refractivity contribution is 6.30. The van der Waals surface area contributed by atoms with Crippen molar-refractivity contribution in [1.82, 2.24) is 10.2 Å². The molecule has 0 spiro atoms. The third kappa shape index (κ3) is 4.82. The van der Waals surface area contributed by atoms with Gasteiger partial charge in [0.2, 0.25) is 5.91 Å². The summed E-state index contributed by atoms with van der Waals surface area (Å²) in [6.45, 7) is 2.29. The molecule has 0 aliphatic carbocycles. The lowest BCUT2D eigenvalue weighted by molar-refractivity contribution is -0.123. The molecule has 25 heavy (non-hydrogen) atoms. The molecule has 1 aliphatic heterocycles. The van der Waals surface area contributed by atoms with E-state index in [1.54, 1.807) is 12.1 Å². The summed E-state index contributed by atoms with van der Waals surface area (Å²) < 4.78 is 0. The summed E-state index contributed by atoms with van der Waals surface area (Å²) in [5, 5.41) is 14.5. The van der Waals surface area contributed by atoms with Crippen molar-refractivity contribution in [2.45, 2.75) is 25.0 Å². The van der Waals surface area contributed by atoms with Crippen molar-refractivity contribution in [2.24, 2.45) is 0 Å². The van der Waals surface area contributed by atoms with Gasteiger partial charge in [0.05, 0.1) is 12.1 Å². The average molecular weight is 359 g/mol. The molecule has 5 heteroatoms. The molecule has 0 aromatic heterocycles. The van der Waals surface area contributed by atoms with Gasteiger partial charge in [-0.1, -0.05) is 54.1 Å². The van der Waals surface area contributed by atoms with Crippen molar-refractivity contribution in [3.8, 4) is 0 Å². The van der Waals surface area contributed by atoms with Gasteiger partial charge >= 0.3 is 0 Å². The van der Waals surface area contributed by atoms with Gasteiger partial charge in [-0.2, -0.15) is 0 Å². The minimum Gasteiger partial charge on any atom is -0.385 e. The monoisotopic (exact) mass is 358 g/mol. The Morgan fingerprint density at radius 1 is 1.08 bits per heavy atom. The first-order valence-electron chi connectivity index (χ1n) is 8.57. The summed E-state index contributed by atoms with van der Waals surface area (Å²) in [6, 6.07) is 17.2. The lowest BCUT2D eigenvalue weighted by Crippen LogP contribution is -2.46. The lowest BCUT2D eigenvalue weighted by Gasteiger charge is -2.38. The topological polar surface area (TPSA) is 52.6 Å². The largest absolute Gasteiger partial charge is 0.385 e. The SMILES string of the molecule is O=C(CN1CCC(O)(c2ccc(Cl)cc2)CC1)NCc1ccccc1. The van der Waals surface area contributed by atoms with Gasteiger partial charge in [0.1, 0.15) is 0 Å². The number of piperidine rings is 1. The zero-order valence-corrected chi connectivity index (χ0v) is 14.9. The quantitative estimate of drug-likeness (QED) is 0.864. The van der Waals surface area contributed by atoms with E-state index >= 15 is 0 Å². The van der Waals surface area contributed by atoms with Crippen molar-refractivity contribution in [3.05, 3.63) is 70.7 Å². The first kappa shape index (κ1) is 17.9. The normalized spacial score (nSPS) is 17.2. The fourth-order valence-electron chi connectivity index (χ4n) is 3.19. The van der Waals surface area contributed by atoms with E-state index in [1.807, 2.05) is 42.5 Å². The van der Waals surface area contributed by atoms with Crippen molar-refractivity contribution >= 4 is 17.5 Å².